The summed E-state index contributed by atoms with van der Waals surface area (Å²) >= 11 is 3.44. The third-order valence-corrected chi connectivity index (χ3v) is 7.63. The summed E-state index contributed by atoms with van der Waals surface area (Å²) in [5.41, 5.74) is 3.82. The average Bonchev–Trinajstić information content (AvgIpc) is 3.47. The van der Waals surface area contributed by atoms with Crippen molar-refractivity contribution in [3.63, 3.8) is 0 Å². The van der Waals surface area contributed by atoms with Gasteiger partial charge in [0.1, 0.15) is 5.58 Å². The molecule has 0 bridgehead atoms. The number of aliphatic hydroxyl groups excluding tert-OH is 1. The van der Waals surface area contributed by atoms with Crippen molar-refractivity contribution >= 4 is 55.7 Å². The van der Waals surface area contributed by atoms with E-state index in [1.165, 1.54) is 4.90 Å². The van der Waals surface area contributed by atoms with Gasteiger partial charge >= 0.3 is 0 Å². The van der Waals surface area contributed by atoms with Gasteiger partial charge in [0.05, 0.1) is 11.6 Å². The molecule has 0 spiro atoms. The molecular weight excluding hydrogens is 558 g/mol. The molecule has 4 aromatic rings. The Balaban J connectivity index is 1.61. The van der Waals surface area contributed by atoms with E-state index in [-0.39, 0.29) is 11.3 Å². The first-order chi connectivity index (χ1) is 18.7. The molecule has 1 amide bonds. The van der Waals surface area contributed by atoms with Crippen LogP contribution in [-0.2, 0) is 4.79 Å². The van der Waals surface area contributed by atoms with Gasteiger partial charge in [-0.15, -0.1) is 0 Å². The maximum absolute atomic E-state index is 13.9. The zero-order valence-electron chi connectivity index (χ0n) is 22.3. The highest BCUT2D eigenvalue weighted by Gasteiger charge is 2.45. The second-order valence-electron chi connectivity index (χ2n) is 9.64. The number of halogens is 1. The number of amides is 1. The van der Waals surface area contributed by atoms with Crippen LogP contribution >= 0.6 is 15.9 Å². The van der Waals surface area contributed by atoms with Crippen molar-refractivity contribution in [1.29, 1.82) is 0 Å². The molecule has 5 rings (SSSR count). The Morgan fingerprint density at radius 2 is 1.59 bits per heavy atom. The van der Waals surface area contributed by atoms with E-state index in [4.69, 9.17) is 4.42 Å². The van der Waals surface area contributed by atoms with E-state index in [0.29, 0.717) is 16.8 Å². The topological polar surface area (TPSA) is 77.2 Å². The molecule has 8 heteroatoms. The van der Waals surface area contributed by atoms with Gasteiger partial charge in [0.2, 0.25) is 5.78 Å². The highest BCUT2D eigenvalue weighted by Crippen LogP contribution is 2.43. The summed E-state index contributed by atoms with van der Waals surface area (Å²) < 4.78 is 6.72. The zero-order chi connectivity index (χ0) is 27.8. The molecule has 0 aliphatic carbocycles. The van der Waals surface area contributed by atoms with E-state index in [0.717, 1.165) is 34.3 Å². The third-order valence-electron chi connectivity index (χ3n) is 7.14. The number of aliphatic hydroxyl groups is 1. The first-order valence-electron chi connectivity index (χ1n) is 12.9. The molecule has 2 heterocycles. The van der Waals surface area contributed by atoms with Crippen molar-refractivity contribution in [1.82, 2.24) is 0 Å². The molecule has 1 aromatic heterocycles. The molecule has 0 fully saturated rings. The monoisotopic (exact) mass is 587 g/mol. The van der Waals surface area contributed by atoms with Crippen LogP contribution in [0.1, 0.15) is 36.0 Å². The van der Waals surface area contributed by atoms with Crippen LogP contribution in [-0.4, -0.2) is 44.0 Å². The maximum Gasteiger partial charge on any atom is 0.294 e. The average molecular weight is 589 g/mol. The molecule has 0 saturated carbocycles. The Bertz CT molecular complexity index is 1570. The summed E-state index contributed by atoms with van der Waals surface area (Å²) in [4.78, 5) is 33.1. The fourth-order valence-electron chi connectivity index (χ4n) is 5.05. The number of furan rings is 1. The van der Waals surface area contributed by atoms with E-state index < -0.39 is 23.5 Å². The smallest absolute Gasteiger partial charge is 0.294 e. The van der Waals surface area contributed by atoms with Crippen LogP contribution in [0.4, 0.5) is 17.1 Å². The predicted molar refractivity (Wildman–Crippen MR) is 159 cm³/mol. The van der Waals surface area contributed by atoms with Crippen molar-refractivity contribution in [2.24, 2.45) is 0 Å². The minimum absolute atomic E-state index is 0.0106. The van der Waals surface area contributed by atoms with Gasteiger partial charge in [-0.2, -0.15) is 0 Å². The minimum Gasteiger partial charge on any atom is -0.503 e. The maximum atomic E-state index is 13.9. The van der Waals surface area contributed by atoms with Gasteiger partial charge in [0.25, 0.3) is 5.91 Å². The summed E-state index contributed by atoms with van der Waals surface area (Å²) in [5.74, 6) is -1.67. The molecule has 1 aliphatic heterocycles. The number of hydrogen-bond acceptors (Lipinski definition) is 6. The van der Waals surface area contributed by atoms with Crippen molar-refractivity contribution in [3.8, 4) is 0 Å². The van der Waals surface area contributed by atoms with Crippen LogP contribution in [0.2, 0.25) is 0 Å². The number of carbonyl (C=O) groups is 2. The van der Waals surface area contributed by atoms with Gasteiger partial charge in [-0.25, -0.2) is 0 Å². The van der Waals surface area contributed by atoms with Gasteiger partial charge in [-0.05, 0) is 80.1 Å². The molecule has 200 valence electrons. The molecule has 1 N–H and O–H groups in total. The summed E-state index contributed by atoms with van der Waals surface area (Å²) in [5, 5.41) is 11.9. The second-order valence-corrected chi connectivity index (χ2v) is 10.6. The highest BCUT2D eigenvalue weighted by atomic mass is 79.9. The van der Waals surface area contributed by atoms with Gasteiger partial charge in [-0.3, -0.25) is 14.5 Å². The Morgan fingerprint density at radius 3 is 2.21 bits per heavy atom. The van der Waals surface area contributed by atoms with Crippen molar-refractivity contribution in [3.05, 3.63) is 99.9 Å². The summed E-state index contributed by atoms with van der Waals surface area (Å²) in [6.45, 7) is 5.89. The lowest BCUT2D eigenvalue weighted by Crippen LogP contribution is -2.31. The fraction of sp³-hybridized carbons (Fsp3) is 0.226. The van der Waals surface area contributed by atoms with E-state index in [1.54, 1.807) is 12.1 Å². The van der Waals surface area contributed by atoms with Crippen LogP contribution < -0.4 is 14.7 Å². The van der Waals surface area contributed by atoms with Crippen LogP contribution in [0.5, 0.6) is 0 Å². The van der Waals surface area contributed by atoms with Gasteiger partial charge in [-0.1, -0.05) is 28.1 Å². The summed E-state index contributed by atoms with van der Waals surface area (Å²) in [6, 6.07) is 21.5. The molecule has 1 aliphatic rings. The fourth-order valence-corrected chi connectivity index (χ4v) is 5.42. The van der Waals surface area contributed by atoms with E-state index in [1.807, 2.05) is 79.7 Å². The number of benzene rings is 3. The molecule has 39 heavy (non-hydrogen) atoms. The van der Waals surface area contributed by atoms with Gasteiger partial charge < -0.3 is 19.3 Å². The van der Waals surface area contributed by atoms with E-state index >= 15 is 0 Å². The predicted octanol–water partition coefficient (Wildman–Crippen LogP) is 6.89. The number of hydrogen-bond donors (Lipinski definition) is 1. The van der Waals surface area contributed by atoms with E-state index in [9.17, 15) is 14.7 Å². The Labute approximate surface area is 236 Å². The molecular formula is C31H30BrN3O4. The molecule has 7 nitrogen and oxygen atoms in total. The first-order valence-corrected chi connectivity index (χ1v) is 13.7. The highest BCUT2D eigenvalue weighted by molar-refractivity contribution is 9.10. The Hall–Kier alpha value is -4.04. The van der Waals surface area contributed by atoms with Crippen molar-refractivity contribution in [2.45, 2.75) is 19.9 Å². The third kappa shape index (κ3) is 4.81. The van der Waals surface area contributed by atoms with E-state index in [2.05, 4.69) is 34.7 Å². The number of rotatable bonds is 8. The summed E-state index contributed by atoms with van der Waals surface area (Å²) in [7, 11) is 3.89. The SMILES string of the molecule is CCN(CC)c1ccc(N2C(=O)C(O)=C(C(=O)c3cc4cc(Br)ccc4o3)C2c2ccc(N(C)C)cc2)cc1. The first kappa shape index (κ1) is 26.6. The molecule has 0 radical (unpaired) electrons. The normalized spacial score (nSPS) is 15.4. The summed E-state index contributed by atoms with van der Waals surface area (Å²) in [6.07, 6.45) is 0. The number of anilines is 3. The zero-order valence-corrected chi connectivity index (χ0v) is 23.9. The second kappa shape index (κ2) is 10.6. The molecule has 3 aromatic carbocycles. The minimum atomic E-state index is -0.833. The molecule has 1 atom stereocenters. The quantitative estimate of drug-likeness (QED) is 0.226. The number of fused-ring (bicyclic) bond motifs is 1. The Kier molecular flexibility index (Phi) is 7.23. The largest absolute Gasteiger partial charge is 0.503 e. The van der Waals surface area contributed by atoms with Crippen LogP contribution in [0.15, 0.2) is 93.0 Å². The Morgan fingerprint density at radius 1 is 0.949 bits per heavy atom. The lowest BCUT2D eigenvalue weighted by atomic mass is 9.94. The molecule has 1 unspecified atom stereocenters. The van der Waals surface area contributed by atoms with Crippen molar-refractivity contribution < 1.29 is 19.1 Å². The van der Waals surface area contributed by atoms with Crippen LogP contribution in [0.25, 0.3) is 11.0 Å². The standard InChI is InChI=1S/C31H30BrN3O4/c1-5-34(6-2)23-12-14-24(15-13-23)35-28(19-7-10-22(11-8-19)33(3)4)27(30(37)31(35)38)29(36)26-18-20-17-21(32)9-16-25(20)39-26/h7-18,28,37H,5-6H2,1-4H3. The number of ketones is 1. The lowest BCUT2D eigenvalue weighted by Gasteiger charge is -2.28. The number of nitrogens with zero attached hydrogens (tertiary/aromatic N) is 3. The molecule has 0 saturated heterocycles. The van der Waals surface area contributed by atoms with Gasteiger partial charge in [0.15, 0.2) is 11.5 Å². The van der Waals surface area contributed by atoms with Crippen molar-refractivity contribution in [2.75, 3.05) is 41.9 Å². The number of carbonyl (C=O) groups excluding carboxylic acids is 2. The lowest BCUT2D eigenvalue weighted by molar-refractivity contribution is -0.117. The van der Waals surface area contributed by atoms with Crippen LogP contribution in [0, 0.1) is 0 Å². The van der Waals surface area contributed by atoms with Crippen LogP contribution in [0.3, 0.4) is 0 Å². The number of Topliss-reactive ketones (excluding diaryl/α,β-unsaturated/α-hetero) is 1. The van der Waals surface area contributed by atoms with Gasteiger partial charge in [0, 0.05) is 54.1 Å².